The van der Waals surface area contributed by atoms with Crippen LogP contribution in [-0.2, 0) is 4.79 Å². The quantitative estimate of drug-likeness (QED) is 0.812. The van der Waals surface area contributed by atoms with Crippen molar-refractivity contribution in [2.24, 2.45) is 5.92 Å². The van der Waals surface area contributed by atoms with Gasteiger partial charge in [0.05, 0.1) is 5.92 Å². The molecule has 1 unspecified atom stereocenters. The van der Waals surface area contributed by atoms with E-state index in [4.69, 9.17) is 10.8 Å². The topological polar surface area (TPSA) is 83.6 Å². The predicted molar refractivity (Wildman–Crippen MR) is 76.9 cm³/mol. The fourth-order valence-corrected chi connectivity index (χ4v) is 2.19. The van der Waals surface area contributed by atoms with Gasteiger partial charge < -0.3 is 15.7 Å². The van der Waals surface area contributed by atoms with Gasteiger partial charge in [-0.15, -0.1) is 0 Å². The number of carboxylic acids is 1. The van der Waals surface area contributed by atoms with Crippen LogP contribution in [0.4, 0.5) is 5.69 Å². The number of benzene rings is 1. The van der Waals surface area contributed by atoms with E-state index in [1.54, 1.807) is 25.1 Å². The molecule has 1 aromatic carbocycles. The van der Waals surface area contributed by atoms with Crippen molar-refractivity contribution in [2.45, 2.75) is 13.8 Å². The van der Waals surface area contributed by atoms with Gasteiger partial charge in [0.25, 0.3) is 5.91 Å². The fourth-order valence-electron chi connectivity index (χ4n) is 1.68. The van der Waals surface area contributed by atoms with Crippen molar-refractivity contribution < 1.29 is 14.7 Å². The Kier molecular flexibility index (Phi) is 5.35. The zero-order valence-corrected chi connectivity index (χ0v) is 12.5. The minimum absolute atomic E-state index is 0.178. The van der Waals surface area contributed by atoms with Crippen LogP contribution in [0.2, 0.25) is 0 Å². The number of halogens is 1. The van der Waals surface area contributed by atoms with Crippen molar-refractivity contribution in [2.75, 3.05) is 18.8 Å². The number of nitrogen functional groups attached to an aromatic ring is 1. The minimum atomic E-state index is -0.917. The highest BCUT2D eigenvalue weighted by Crippen LogP contribution is 2.19. The molecular formula is C13H17BrN2O3. The predicted octanol–water partition coefficient (Wildman–Crippen LogP) is 2.21. The third-order valence-electron chi connectivity index (χ3n) is 2.75. The van der Waals surface area contributed by atoms with Gasteiger partial charge >= 0.3 is 5.97 Å². The molecule has 0 aliphatic carbocycles. The number of nitrogens with two attached hydrogens (primary N) is 1. The second-order valence-corrected chi connectivity index (χ2v) is 5.27. The molecule has 0 radical (unpaired) electrons. The van der Waals surface area contributed by atoms with Crippen molar-refractivity contribution in [3.8, 4) is 0 Å². The van der Waals surface area contributed by atoms with Crippen LogP contribution in [0, 0.1) is 5.92 Å². The van der Waals surface area contributed by atoms with Gasteiger partial charge in [0.2, 0.25) is 0 Å². The molecule has 19 heavy (non-hydrogen) atoms. The van der Waals surface area contributed by atoms with Crippen LogP contribution in [0.3, 0.4) is 0 Å². The summed E-state index contributed by atoms with van der Waals surface area (Å²) in [5.41, 5.74) is 6.63. The molecule has 0 aliphatic heterocycles. The number of carbonyl (C=O) groups excluding carboxylic acids is 1. The molecule has 0 saturated carbocycles. The molecule has 3 N–H and O–H groups in total. The van der Waals surface area contributed by atoms with E-state index in [2.05, 4.69) is 15.9 Å². The first-order valence-electron chi connectivity index (χ1n) is 5.93. The number of carbonyl (C=O) groups is 2. The second-order valence-electron chi connectivity index (χ2n) is 4.36. The maximum absolute atomic E-state index is 12.3. The Bertz CT molecular complexity index is 471. The molecule has 1 rings (SSSR count). The molecule has 0 aromatic heterocycles. The SMILES string of the molecule is CCN(CC(C)C(=O)O)C(=O)c1cc(N)cc(Br)c1. The van der Waals surface area contributed by atoms with E-state index in [-0.39, 0.29) is 12.5 Å². The standard InChI is InChI=1S/C13H17BrN2O3/c1-3-16(7-8(2)13(18)19)12(17)9-4-10(14)6-11(15)5-9/h4-6,8H,3,7,15H2,1-2H3,(H,18,19). The zero-order chi connectivity index (χ0) is 14.6. The maximum Gasteiger partial charge on any atom is 0.308 e. The van der Waals surface area contributed by atoms with Gasteiger partial charge in [-0.2, -0.15) is 0 Å². The van der Waals surface area contributed by atoms with E-state index in [1.165, 1.54) is 4.90 Å². The molecule has 0 heterocycles. The molecule has 6 heteroatoms. The summed E-state index contributed by atoms with van der Waals surface area (Å²) in [6.45, 7) is 4.02. The van der Waals surface area contributed by atoms with Crippen molar-refractivity contribution in [3.05, 3.63) is 28.2 Å². The molecule has 0 fully saturated rings. The lowest BCUT2D eigenvalue weighted by molar-refractivity contribution is -0.141. The molecule has 1 amide bonds. The van der Waals surface area contributed by atoms with Gasteiger partial charge in [0.1, 0.15) is 0 Å². The van der Waals surface area contributed by atoms with Crippen LogP contribution < -0.4 is 5.73 Å². The lowest BCUT2D eigenvalue weighted by Gasteiger charge is -2.23. The number of anilines is 1. The molecule has 0 spiro atoms. The van der Waals surface area contributed by atoms with Crippen LogP contribution in [0.1, 0.15) is 24.2 Å². The highest BCUT2D eigenvalue weighted by molar-refractivity contribution is 9.10. The normalized spacial score (nSPS) is 11.9. The molecular weight excluding hydrogens is 312 g/mol. The van der Waals surface area contributed by atoms with E-state index in [9.17, 15) is 9.59 Å². The summed E-state index contributed by atoms with van der Waals surface area (Å²) < 4.78 is 0.721. The summed E-state index contributed by atoms with van der Waals surface area (Å²) in [4.78, 5) is 24.6. The van der Waals surface area contributed by atoms with Gasteiger partial charge in [-0.1, -0.05) is 22.9 Å². The Morgan fingerprint density at radius 2 is 2.05 bits per heavy atom. The van der Waals surface area contributed by atoms with Gasteiger partial charge in [0, 0.05) is 28.8 Å². The summed E-state index contributed by atoms with van der Waals surface area (Å²) in [5, 5.41) is 8.90. The average molecular weight is 329 g/mol. The summed E-state index contributed by atoms with van der Waals surface area (Å²) in [6.07, 6.45) is 0. The third kappa shape index (κ3) is 4.24. The minimum Gasteiger partial charge on any atom is -0.481 e. The largest absolute Gasteiger partial charge is 0.481 e. The molecule has 0 saturated heterocycles. The molecule has 104 valence electrons. The number of amides is 1. The van der Waals surface area contributed by atoms with E-state index in [0.717, 1.165) is 4.47 Å². The van der Waals surface area contributed by atoms with Gasteiger partial charge in [-0.25, -0.2) is 0 Å². The van der Waals surface area contributed by atoms with Crippen molar-refractivity contribution >= 4 is 33.5 Å². The first-order valence-corrected chi connectivity index (χ1v) is 6.72. The monoisotopic (exact) mass is 328 g/mol. The summed E-state index contributed by atoms with van der Waals surface area (Å²) >= 11 is 3.28. The Labute approximate surface area is 120 Å². The van der Waals surface area contributed by atoms with Crippen molar-refractivity contribution in [1.29, 1.82) is 0 Å². The number of aliphatic carboxylic acids is 1. The fraction of sp³-hybridized carbons (Fsp3) is 0.385. The van der Waals surface area contributed by atoms with Crippen LogP contribution in [0.25, 0.3) is 0 Å². The second kappa shape index (κ2) is 6.56. The molecule has 1 aromatic rings. The molecule has 0 bridgehead atoms. The number of nitrogens with zero attached hydrogens (tertiary/aromatic N) is 1. The molecule has 0 aliphatic rings. The first-order chi connectivity index (χ1) is 8.85. The highest BCUT2D eigenvalue weighted by Gasteiger charge is 2.20. The van der Waals surface area contributed by atoms with E-state index in [1.807, 2.05) is 6.92 Å². The van der Waals surface area contributed by atoms with Crippen LogP contribution in [-0.4, -0.2) is 35.0 Å². The first kappa shape index (κ1) is 15.5. The van der Waals surface area contributed by atoms with Crippen molar-refractivity contribution in [3.63, 3.8) is 0 Å². The number of hydrogen-bond acceptors (Lipinski definition) is 3. The Morgan fingerprint density at radius 3 is 2.53 bits per heavy atom. The number of hydrogen-bond donors (Lipinski definition) is 2. The van der Waals surface area contributed by atoms with Crippen LogP contribution in [0.15, 0.2) is 22.7 Å². The smallest absolute Gasteiger partial charge is 0.308 e. The van der Waals surface area contributed by atoms with Crippen LogP contribution >= 0.6 is 15.9 Å². The summed E-state index contributed by atoms with van der Waals surface area (Å²) in [7, 11) is 0. The maximum atomic E-state index is 12.3. The van der Waals surface area contributed by atoms with E-state index < -0.39 is 11.9 Å². The molecule has 5 nitrogen and oxygen atoms in total. The zero-order valence-electron chi connectivity index (χ0n) is 10.9. The van der Waals surface area contributed by atoms with Crippen molar-refractivity contribution in [1.82, 2.24) is 4.90 Å². The average Bonchev–Trinajstić information content (AvgIpc) is 2.33. The van der Waals surface area contributed by atoms with E-state index >= 15 is 0 Å². The summed E-state index contributed by atoms with van der Waals surface area (Å²) in [5.74, 6) is -1.74. The number of carboxylic acid groups (broad SMARTS) is 1. The Balaban J connectivity index is 2.92. The lowest BCUT2D eigenvalue weighted by atomic mass is 10.1. The van der Waals surface area contributed by atoms with Gasteiger partial charge in [-0.05, 0) is 25.1 Å². The third-order valence-corrected chi connectivity index (χ3v) is 3.21. The van der Waals surface area contributed by atoms with Gasteiger partial charge in [-0.3, -0.25) is 9.59 Å². The van der Waals surface area contributed by atoms with Crippen LogP contribution in [0.5, 0.6) is 0 Å². The molecule has 1 atom stereocenters. The highest BCUT2D eigenvalue weighted by atomic mass is 79.9. The lowest BCUT2D eigenvalue weighted by Crippen LogP contribution is -2.36. The Hall–Kier alpha value is -1.56. The summed E-state index contributed by atoms with van der Waals surface area (Å²) in [6, 6.07) is 4.96. The number of rotatable bonds is 5. The van der Waals surface area contributed by atoms with Gasteiger partial charge in [0.15, 0.2) is 0 Å². The van der Waals surface area contributed by atoms with E-state index in [0.29, 0.717) is 17.8 Å². The Morgan fingerprint density at radius 1 is 1.42 bits per heavy atom.